The molecule has 1 rings (SSSR count). The summed E-state index contributed by atoms with van der Waals surface area (Å²) in [5, 5.41) is 7.46. The molecular formula is C12H14F3N3O. The van der Waals surface area contributed by atoms with Gasteiger partial charge in [0.1, 0.15) is 11.3 Å². The number of ether oxygens (including phenoxy) is 1. The van der Waals surface area contributed by atoms with Crippen molar-refractivity contribution in [2.24, 2.45) is 5.73 Å². The number of anilines is 1. The van der Waals surface area contributed by atoms with Crippen molar-refractivity contribution in [2.45, 2.75) is 13.1 Å². The van der Waals surface area contributed by atoms with E-state index in [9.17, 15) is 13.2 Å². The quantitative estimate of drug-likeness (QED) is 0.449. The monoisotopic (exact) mass is 273 g/mol. The van der Waals surface area contributed by atoms with Crippen LogP contribution < -0.4 is 16.2 Å². The van der Waals surface area contributed by atoms with E-state index in [4.69, 9.17) is 21.6 Å². The minimum Gasteiger partial charge on any atom is -0.439 e. The first-order chi connectivity index (χ1) is 8.74. The molecule has 0 aliphatic carbocycles. The third kappa shape index (κ3) is 4.29. The number of nitrogen functional groups attached to an aromatic ring is 1. The number of alkyl halides is 3. The third-order valence-electron chi connectivity index (χ3n) is 2.23. The zero-order valence-electron chi connectivity index (χ0n) is 10.2. The van der Waals surface area contributed by atoms with E-state index >= 15 is 0 Å². The molecule has 0 atom stereocenters. The second kappa shape index (κ2) is 5.75. The zero-order valence-corrected chi connectivity index (χ0v) is 10.2. The Balaban J connectivity index is 3.05. The van der Waals surface area contributed by atoms with Crippen LogP contribution >= 0.6 is 0 Å². The molecule has 5 N–H and O–H groups in total. The van der Waals surface area contributed by atoms with Gasteiger partial charge in [-0.2, -0.15) is 13.2 Å². The summed E-state index contributed by atoms with van der Waals surface area (Å²) in [4.78, 5) is 0. The molecule has 0 radical (unpaired) electrons. The fourth-order valence-corrected chi connectivity index (χ4v) is 1.29. The molecule has 0 spiro atoms. The highest BCUT2D eigenvalue weighted by molar-refractivity contribution is 5.87. The van der Waals surface area contributed by atoms with Crippen LogP contribution in [0.1, 0.15) is 12.5 Å². The first kappa shape index (κ1) is 15.0. The molecule has 0 amide bonds. The molecule has 0 bridgehead atoms. The van der Waals surface area contributed by atoms with E-state index in [1.807, 2.05) is 0 Å². The molecule has 0 saturated heterocycles. The summed E-state index contributed by atoms with van der Waals surface area (Å²) in [6, 6.07) is 3.12. The van der Waals surface area contributed by atoms with Crippen LogP contribution in [0.25, 0.3) is 0 Å². The van der Waals surface area contributed by atoms with Crippen LogP contribution in [0.2, 0.25) is 0 Å². The van der Waals surface area contributed by atoms with Gasteiger partial charge in [0.15, 0.2) is 0 Å². The zero-order chi connectivity index (χ0) is 14.6. The van der Waals surface area contributed by atoms with Gasteiger partial charge < -0.3 is 16.2 Å². The van der Waals surface area contributed by atoms with Gasteiger partial charge in [0, 0.05) is 18.3 Å². The second-order valence-electron chi connectivity index (χ2n) is 3.91. The lowest BCUT2D eigenvalue weighted by Crippen LogP contribution is -2.13. The van der Waals surface area contributed by atoms with Crippen molar-refractivity contribution in [3.05, 3.63) is 35.4 Å². The van der Waals surface area contributed by atoms with E-state index in [2.05, 4.69) is 0 Å². The Morgan fingerprint density at radius 3 is 2.58 bits per heavy atom. The van der Waals surface area contributed by atoms with Crippen LogP contribution in [0.5, 0.6) is 5.75 Å². The Labute approximate surface area is 108 Å². The van der Waals surface area contributed by atoms with E-state index in [0.717, 1.165) is 12.1 Å². The SMILES string of the molecule is C/C(=C/C(=N)Oc1ccc(N)cc1C(F)(F)F)CN. The Kier molecular flexibility index (Phi) is 4.55. The molecule has 0 aliphatic rings. The number of hydrogen-bond donors (Lipinski definition) is 3. The normalized spacial score (nSPS) is 12.4. The number of benzene rings is 1. The van der Waals surface area contributed by atoms with Gasteiger partial charge in [-0.1, -0.05) is 5.57 Å². The van der Waals surface area contributed by atoms with Crippen molar-refractivity contribution in [3.8, 4) is 5.75 Å². The van der Waals surface area contributed by atoms with Crippen LogP contribution in [-0.4, -0.2) is 12.4 Å². The van der Waals surface area contributed by atoms with Crippen LogP contribution in [0.15, 0.2) is 29.8 Å². The van der Waals surface area contributed by atoms with Gasteiger partial charge in [0.2, 0.25) is 5.90 Å². The van der Waals surface area contributed by atoms with E-state index in [1.54, 1.807) is 6.92 Å². The highest BCUT2D eigenvalue weighted by atomic mass is 19.4. The summed E-state index contributed by atoms with van der Waals surface area (Å²) in [6.45, 7) is 1.84. The average Bonchev–Trinajstić information content (AvgIpc) is 2.29. The van der Waals surface area contributed by atoms with Gasteiger partial charge in [0.05, 0.1) is 0 Å². The number of hydrogen-bond acceptors (Lipinski definition) is 4. The minimum atomic E-state index is -4.60. The maximum absolute atomic E-state index is 12.8. The summed E-state index contributed by atoms with van der Waals surface area (Å²) < 4.78 is 43.2. The third-order valence-corrected chi connectivity index (χ3v) is 2.23. The van der Waals surface area contributed by atoms with Gasteiger partial charge in [-0.15, -0.1) is 0 Å². The van der Waals surface area contributed by atoms with Crippen molar-refractivity contribution < 1.29 is 17.9 Å². The molecule has 1 aromatic rings. The topological polar surface area (TPSA) is 85.1 Å². The van der Waals surface area contributed by atoms with Gasteiger partial charge in [-0.05, 0) is 25.1 Å². The molecule has 0 unspecified atom stereocenters. The lowest BCUT2D eigenvalue weighted by atomic mass is 10.1. The molecule has 7 heteroatoms. The summed E-state index contributed by atoms with van der Waals surface area (Å²) in [5.41, 5.74) is 10.2. The molecule has 0 heterocycles. The van der Waals surface area contributed by atoms with Gasteiger partial charge in [-0.3, -0.25) is 5.41 Å². The van der Waals surface area contributed by atoms with Crippen molar-refractivity contribution in [1.29, 1.82) is 5.41 Å². The van der Waals surface area contributed by atoms with Crippen molar-refractivity contribution in [2.75, 3.05) is 12.3 Å². The molecule has 4 nitrogen and oxygen atoms in total. The molecule has 19 heavy (non-hydrogen) atoms. The van der Waals surface area contributed by atoms with Gasteiger partial charge in [0.25, 0.3) is 0 Å². The molecule has 0 saturated carbocycles. The number of rotatable bonds is 3. The maximum atomic E-state index is 12.8. The first-order valence-corrected chi connectivity index (χ1v) is 5.34. The Morgan fingerprint density at radius 1 is 1.42 bits per heavy atom. The highest BCUT2D eigenvalue weighted by Gasteiger charge is 2.34. The van der Waals surface area contributed by atoms with E-state index in [1.165, 1.54) is 12.1 Å². The predicted molar refractivity (Wildman–Crippen MR) is 67.0 cm³/mol. The number of halogens is 3. The van der Waals surface area contributed by atoms with Crippen molar-refractivity contribution >= 4 is 11.6 Å². The average molecular weight is 273 g/mol. The number of nitrogens with two attached hydrogens (primary N) is 2. The van der Waals surface area contributed by atoms with Gasteiger partial charge in [-0.25, -0.2) is 0 Å². The smallest absolute Gasteiger partial charge is 0.420 e. The molecule has 0 aliphatic heterocycles. The van der Waals surface area contributed by atoms with Crippen LogP contribution in [0, 0.1) is 5.41 Å². The van der Waals surface area contributed by atoms with Crippen LogP contribution in [-0.2, 0) is 6.18 Å². The molecular weight excluding hydrogens is 259 g/mol. The van der Waals surface area contributed by atoms with Gasteiger partial charge >= 0.3 is 6.18 Å². The first-order valence-electron chi connectivity index (χ1n) is 5.34. The molecule has 0 aromatic heterocycles. The summed E-state index contributed by atoms with van der Waals surface area (Å²) in [7, 11) is 0. The molecule has 0 fully saturated rings. The van der Waals surface area contributed by atoms with Crippen LogP contribution in [0.4, 0.5) is 18.9 Å². The van der Waals surface area contributed by atoms with E-state index in [0.29, 0.717) is 5.57 Å². The summed E-state index contributed by atoms with van der Waals surface area (Å²) in [6.07, 6.45) is -3.34. The maximum Gasteiger partial charge on any atom is 0.420 e. The van der Waals surface area contributed by atoms with Crippen molar-refractivity contribution in [1.82, 2.24) is 0 Å². The fraction of sp³-hybridized carbons (Fsp3) is 0.250. The van der Waals surface area contributed by atoms with Crippen LogP contribution in [0.3, 0.4) is 0 Å². The fourth-order valence-electron chi connectivity index (χ4n) is 1.29. The predicted octanol–water partition coefficient (Wildman–Crippen LogP) is 2.55. The summed E-state index contributed by atoms with van der Waals surface area (Å²) >= 11 is 0. The standard InChI is InChI=1S/C12H14F3N3O/c1-7(6-16)4-11(18)19-10-3-2-8(17)5-9(10)12(13,14)15/h2-5,18H,6,16-17H2,1H3/b7-4-,18-11?. The Bertz CT molecular complexity index is 509. The second-order valence-corrected chi connectivity index (χ2v) is 3.91. The Hall–Kier alpha value is -2.02. The minimum absolute atomic E-state index is 0.0279. The van der Waals surface area contributed by atoms with Crippen molar-refractivity contribution in [3.63, 3.8) is 0 Å². The van der Waals surface area contributed by atoms with E-state index in [-0.39, 0.29) is 12.2 Å². The highest BCUT2D eigenvalue weighted by Crippen LogP contribution is 2.37. The molecule has 1 aromatic carbocycles. The molecule has 104 valence electrons. The number of nitrogens with one attached hydrogen (secondary N) is 1. The Morgan fingerprint density at radius 2 is 2.05 bits per heavy atom. The van der Waals surface area contributed by atoms with E-state index < -0.39 is 23.4 Å². The largest absolute Gasteiger partial charge is 0.439 e. The lowest BCUT2D eigenvalue weighted by Gasteiger charge is -2.13. The lowest BCUT2D eigenvalue weighted by molar-refractivity contribution is -0.138. The summed E-state index contributed by atoms with van der Waals surface area (Å²) in [5.74, 6) is -0.883.